The Balaban J connectivity index is 0.000000434. The molecule has 2 rings (SSSR count). The van der Waals surface area contributed by atoms with E-state index < -0.39 is 106 Å². The average molecular weight is 522 g/mol. The van der Waals surface area contributed by atoms with Crippen LogP contribution in [0.2, 0.25) is 0 Å². The quantitative estimate of drug-likeness (QED) is 0.125. The SMILES string of the molecule is O=C[C@H](O)[C@@H](O)[C@@H](O)[C@H](O)CO.OC[C@H]1O[C@H](O[C@H]2[C@H](O)[C@@H](O)[C@H](O)O[C@@H]2CO)[C@H](O)[C@@H](O)[C@@H]1O. The van der Waals surface area contributed by atoms with Crippen molar-refractivity contribution in [2.75, 3.05) is 19.8 Å². The zero-order chi connectivity index (χ0) is 27.0. The van der Waals surface area contributed by atoms with E-state index in [4.69, 9.17) is 44.8 Å². The van der Waals surface area contributed by atoms with Crippen LogP contribution in [0.5, 0.6) is 0 Å². The number of aliphatic hydroxyl groups is 13. The Bertz CT molecular complexity index is 608. The highest BCUT2D eigenvalue weighted by atomic mass is 16.7. The summed E-state index contributed by atoms with van der Waals surface area (Å²) in [5.74, 6) is 0. The Morgan fingerprint density at radius 2 is 1.29 bits per heavy atom. The van der Waals surface area contributed by atoms with Gasteiger partial charge < -0.3 is 85.4 Å². The molecule has 2 aliphatic heterocycles. The number of hydrogen-bond acceptors (Lipinski definition) is 17. The molecule has 0 unspecified atom stereocenters. The van der Waals surface area contributed by atoms with E-state index in [1.165, 1.54) is 0 Å². The molecule has 0 aromatic rings. The summed E-state index contributed by atoms with van der Waals surface area (Å²) in [6.07, 6.45) is -22.4. The Hall–Kier alpha value is -0.970. The van der Waals surface area contributed by atoms with E-state index in [0.29, 0.717) is 0 Å². The second kappa shape index (κ2) is 14.7. The number of rotatable bonds is 9. The van der Waals surface area contributed by atoms with E-state index in [1.807, 2.05) is 0 Å². The van der Waals surface area contributed by atoms with E-state index >= 15 is 0 Å². The predicted molar refractivity (Wildman–Crippen MR) is 106 cm³/mol. The van der Waals surface area contributed by atoms with Crippen molar-refractivity contribution in [2.45, 2.75) is 85.8 Å². The first-order valence-corrected chi connectivity index (χ1v) is 10.4. The normalized spacial score (nSPS) is 41.2. The Morgan fingerprint density at radius 3 is 1.77 bits per heavy atom. The Morgan fingerprint density at radius 1 is 0.714 bits per heavy atom. The van der Waals surface area contributed by atoms with Crippen molar-refractivity contribution in [1.29, 1.82) is 0 Å². The molecule has 0 aromatic heterocycles. The summed E-state index contributed by atoms with van der Waals surface area (Å²) in [5, 5.41) is 120. The summed E-state index contributed by atoms with van der Waals surface area (Å²) >= 11 is 0. The Labute approximate surface area is 198 Å². The lowest BCUT2D eigenvalue weighted by Crippen LogP contribution is -2.64. The van der Waals surface area contributed by atoms with Crippen LogP contribution in [0.25, 0.3) is 0 Å². The van der Waals surface area contributed by atoms with Gasteiger partial charge in [-0.05, 0) is 0 Å². The van der Waals surface area contributed by atoms with Gasteiger partial charge in [0.15, 0.2) is 18.9 Å². The van der Waals surface area contributed by atoms with Gasteiger partial charge in [-0.15, -0.1) is 0 Å². The molecule has 0 radical (unpaired) electrons. The van der Waals surface area contributed by atoms with E-state index in [9.17, 15) is 40.5 Å². The highest BCUT2D eigenvalue weighted by Crippen LogP contribution is 2.28. The molecule has 13 N–H and O–H groups in total. The lowest BCUT2D eigenvalue weighted by molar-refractivity contribution is -0.355. The van der Waals surface area contributed by atoms with Crippen LogP contribution in [-0.4, -0.2) is 178 Å². The highest BCUT2D eigenvalue weighted by Gasteiger charge is 2.50. The third-order valence-corrected chi connectivity index (χ3v) is 5.40. The molecule has 0 bridgehead atoms. The van der Waals surface area contributed by atoms with Crippen LogP contribution >= 0.6 is 0 Å². The van der Waals surface area contributed by atoms with Gasteiger partial charge >= 0.3 is 0 Å². The van der Waals surface area contributed by atoms with Crippen molar-refractivity contribution in [2.24, 2.45) is 0 Å². The molecule has 2 fully saturated rings. The fourth-order valence-electron chi connectivity index (χ4n) is 3.19. The summed E-state index contributed by atoms with van der Waals surface area (Å²) in [5.41, 5.74) is 0. The first-order valence-electron chi connectivity index (χ1n) is 10.4. The number of carbonyl (C=O) groups is 1. The standard InChI is InChI=1S/C12H22O11.C6H12O6/c13-1-3-5(15)6(16)9(19)12(22-3)23-10-4(2-14)21-11(20)8(18)7(10)17;7-1-3(9)5(11)6(12)4(10)2-8/h3-20H,1-2H2;1,3-6,8-12H,2H2/t3-,4-,5-,6+,7-,8-,9-,10-,11-,12-;3-,4+,5+,6-/m10/s1. The third kappa shape index (κ3) is 8.01. The van der Waals surface area contributed by atoms with Crippen LogP contribution in [0.4, 0.5) is 0 Å². The van der Waals surface area contributed by atoms with Gasteiger partial charge in [0.1, 0.15) is 73.2 Å². The van der Waals surface area contributed by atoms with Crippen LogP contribution in [0.15, 0.2) is 0 Å². The molecule has 208 valence electrons. The molecule has 0 saturated carbocycles. The summed E-state index contributed by atoms with van der Waals surface area (Å²) < 4.78 is 15.3. The van der Waals surface area contributed by atoms with Crippen LogP contribution in [-0.2, 0) is 19.0 Å². The van der Waals surface area contributed by atoms with E-state index in [2.05, 4.69) is 0 Å². The second-order valence-corrected chi connectivity index (χ2v) is 7.88. The first kappa shape index (κ1) is 32.1. The maximum Gasteiger partial charge on any atom is 0.187 e. The van der Waals surface area contributed by atoms with Crippen molar-refractivity contribution >= 4 is 6.29 Å². The minimum atomic E-state index is -1.79. The van der Waals surface area contributed by atoms with Gasteiger partial charge in [-0.2, -0.15) is 0 Å². The van der Waals surface area contributed by atoms with Gasteiger partial charge in [0.2, 0.25) is 0 Å². The highest BCUT2D eigenvalue weighted by molar-refractivity contribution is 5.56. The second-order valence-electron chi connectivity index (χ2n) is 7.88. The van der Waals surface area contributed by atoms with Crippen molar-refractivity contribution in [3.63, 3.8) is 0 Å². The first-order chi connectivity index (χ1) is 16.4. The maximum absolute atomic E-state index is 9.94. The molecular weight excluding hydrogens is 488 g/mol. The van der Waals surface area contributed by atoms with Crippen LogP contribution in [0, 0.1) is 0 Å². The molecule has 2 heterocycles. The molecule has 17 nitrogen and oxygen atoms in total. The molecule has 0 aromatic carbocycles. The van der Waals surface area contributed by atoms with E-state index in [0.717, 1.165) is 0 Å². The summed E-state index contributed by atoms with van der Waals surface area (Å²) in [6.45, 7) is -2.11. The van der Waals surface area contributed by atoms with Crippen molar-refractivity contribution in [1.82, 2.24) is 0 Å². The summed E-state index contributed by atoms with van der Waals surface area (Å²) in [7, 11) is 0. The summed E-state index contributed by atoms with van der Waals surface area (Å²) in [4.78, 5) is 9.90. The number of hydrogen-bond donors (Lipinski definition) is 13. The zero-order valence-electron chi connectivity index (χ0n) is 18.2. The largest absolute Gasteiger partial charge is 0.394 e. The molecule has 0 spiro atoms. The minimum Gasteiger partial charge on any atom is -0.394 e. The number of aliphatic hydroxyl groups excluding tert-OH is 13. The molecule has 0 amide bonds. The third-order valence-electron chi connectivity index (χ3n) is 5.40. The average Bonchev–Trinajstić information content (AvgIpc) is 2.87. The fraction of sp³-hybridized carbons (Fsp3) is 0.944. The number of carbonyl (C=O) groups excluding carboxylic acids is 1. The van der Waals surface area contributed by atoms with Gasteiger partial charge in [0, 0.05) is 0 Å². The van der Waals surface area contributed by atoms with E-state index in [-0.39, 0.29) is 6.29 Å². The van der Waals surface area contributed by atoms with Gasteiger partial charge in [-0.1, -0.05) is 0 Å². The predicted octanol–water partition coefficient (Wildman–Crippen LogP) is -8.78. The van der Waals surface area contributed by atoms with E-state index in [1.54, 1.807) is 0 Å². The van der Waals surface area contributed by atoms with Crippen LogP contribution in [0.1, 0.15) is 0 Å². The van der Waals surface area contributed by atoms with Gasteiger partial charge in [-0.25, -0.2) is 0 Å². The molecule has 14 atom stereocenters. The summed E-state index contributed by atoms with van der Waals surface area (Å²) in [6, 6.07) is 0. The van der Waals surface area contributed by atoms with Crippen molar-refractivity contribution in [3.05, 3.63) is 0 Å². The van der Waals surface area contributed by atoms with Gasteiger partial charge in [-0.3, -0.25) is 0 Å². The maximum atomic E-state index is 9.94. The Kier molecular flexibility index (Phi) is 13.5. The lowest BCUT2D eigenvalue weighted by Gasteiger charge is -2.45. The lowest BCUT2D eigenvalue weighted by atomic mass is 9.97. The number of ether oxygens (including phenoxy) is 3. The van der Waals surface area contributed by atoms with Crippen molar-refractivity contribution in [3.8, 4) is 0 Å². The molecule has 17 heteroatoms. The topological polar surface area (TPSA) is 308 Å². The van der Waals surface area contributed by atoms with Gasteiger partial charge in [0.25, 0.3) is 0 Å². The van der Waals surface area contributed by atoms with Gasteiger partial charge in [0.05, 0.1) is 19.8 Å². The molecular formula is C18H34O17. The van der Waals surface area contributed by atoms with Crippen LogP contribution in [0.3, 0.4) is 0 Å². The van der Waals surface area contributed by atoms with Crippen LogP contribution < -0.4 is 0 Å². The fourth-order valence-corrected chi connectivity index (χ4v) is 3.19. The minimum absolute atomic E-state index is 0.0258. The molecule has 35 heavy (non-hydrogen) atoms. The number of aldehydes is 1. The molecule has 2 saturated heterocycles. The zero-order valence-corrected chi connectivity index (χ0v) is 18.2. The smallest absolute Gasteiger partial charge is 0.187 e. The molecule has 0 aliphatic carbocycles. The molecule has 2 aliphatic rings. The van der Waals surface area contributed by atoms with Crippen molar-refractivity contribution < 1.29 is 85.4 Å². The monoisotopic (exact) mass is 522 g/mol.